The topological polar surface area (TPSA) is 49.4 Å². The molecule has 3 atom stereocenters. The molecule has 2 aliphatic rings. The van der Waals surface area contributed by atoms with Gasteiger partial charge in [0.25, 0.3) is 0 Å². The van der Waals surface area contributed by atoms with Gasteiger partial charge in [0.1, 0.15) is 0 Å². The summed E-state index contributed by atoms with van der Waals surface area (Å²) in [4.78, 5) is 2.46. The molecule has 1 N–H and O–H groups in total. The Morgan fingerprint density at radius 2 is 2.11 bits per heavy atom. The highest BCUT2D eigenvalue weighted by Gasteiger charge is 2.38. The number of hydrogen-bond acceptors (Lipinski definition) is 4. The molecular formula is C13H26N2O2S. The summed E-state index contributed by atoms with van der Waals surface area (Å²) < 4.78 is 23.3. The van der Waals surface area contributed by atoms with E-state index in [1.165, 1.54) is 0 Å². The van der Waals surface area contributed by atoms with Crippen molar-refractivity contribution in [2.45, 2.75) is 51.7 Å². The lowest BCUT2D eigenvalue weighted by Gasteiger charge is -2.44. The van der Waals surface area contributed by atoms with Crippen LogP contribution in [0.25, 0.3) is 0 Å². The van der Waals surface area contributed by atoms with E-state index in [1.807, 2.05) is 0 Å². The molecule has 5 heteroatoms. The molecule has 0 amide bonds. The van der Waals surface area contributed by atoms with E-state index in [1.54, 1.807) is 0 Å². The summed E-state index contributed by atoms with van der Waals surface area (Å²) in [5.41, 5.74) is 0. The van der Waals surface area contributed by atoms with Crippen molar-refractivity contribution < 1.29 is 8.42 Å². The van der Waals surface area contributed by atoms with Gasteiger partial charge in [-0.1, -0.05) is 20.8 Å². The van der Waals surface area contributed by atoms with Crippen molar-refractivity contribution in [1.29, 1.82) is 0 Å². The van der Waals surface area contributed by atoms with Gasteiger partial charge < -0.3 is 5.32 Å². The molecule has 0 aromatic heterocycles. The summed E-state index contributed by atoms with van der Waals surface area (Å²) in [5.74, 6) is 1.35. The number of rotatable bonds is 3. The molecule has 0 radical (unpaired) electrons. The number of nitrogens with zero attached hydrogens (tertiary/aromatic N) is 1. The van der Waals surface area contributed by atoms with Crippen LogP contribution in [0.2, 0.25) is 0 Å². The molecule has 2 saturated heterocycles. The van der Waals surface area contributed by atoms with Crippen LogP contribution < -0.4 is 5.32 Å². The first-order valence-electron chi connectivity index (χ1n) is 7.12. The van der Waals surface area contributed by atoms with Crippen molar-refractivity contribution in [2.24, 2.45) is 5.92 Å². The zero-order chi connectivity index (χ0) is 13.3. The number of hydrogen-bond donors (Lipinski definition) is 1. The Morgan fingerprint density at radius 1 is 1.39 bits per heavy atom. The normalized spacial score (nSPS) is 37.2. The van der Waals surface area contributed by atoms with Gasteiger partial charge in [-0.15, -0.1) is 0 Å². The second-order valence-electron chi connectivity index (χ2n) is 6.07. The first-order valence-corrected chi connectivity index (χ1v) is 8.94. The maximum atomic E-state index is 11.7. The third-order valence-corrected chi connectivity index (χ3v) is 6.20. The molecule has 0 spiro atoms. The van der Waals surface area contributed by atoms with E-state index in [-0.39, 0.29) is 6.04 Å². The monoisotopic (exact) mass is 274 g/mol. The van der Waals surface area contributed by atoms with Gasteiger partial charge in [0.15, 0.2) is 9.84 Å². The number of sulfone groups is 1. The van der Waals surface area contributed by atoms with Crippen LogP contribution in [0.3, 0.4) is 0 Å². The first-order chi connectivity index (χ1) is 8.43. The summed E-state index contributed by atoms with van der Waals surface area (Å²) in [5, 5.41) is 3.60. The van der Waals surface area contributed by atoms with E-state index in [0.29, 0.717) is 29.5 Å². The van der Waals surface area contributed by atoms with Crippen LogP contribution in [0, 0.1) is 5.92 Å². The third kappa shape index (κ3) is 3.06. The Labute approximate surface area is 111 Å². The largest absolute Gasteiger partial charge is 0.311 e. The highest BCUT2D eigenvalue weighted by molar-refractivity contribution is 7.91. The number of nitrogens with one attached hydrogen (secondary N) is 1. The second-order valence-corrected chi connectivity index (χ2v) is 8.30. The maximum Gasteiger partial charge on any atom is 0.151 e. The van der Waals surface area contributed by atoms with Crippen molar-refractivity contribution in [3.63, 3.8) is 0 Å². The SMILES string of the molecule is CCC1CNC(C(C)C)CN1C1CCS(=O)(=O)C1. The van der Waals surface area contributed by atoms with E-state index in [0.717, 1.165) is 25.9 Å². The Bertz CT molecular complexity index is 380. The molecule has 0 bridgehead atoms. The maximum absolute atomic E-state index is 11.7. The molecule has 2 heterocycles. The summed E-state index contributed by atoms with van der Waals surface area (Å²) in [6.07, 6.45) is 1.91. The van der Waals surface area contributed by atoms with Crippen LogP contribution >= 0.6 is 0 Å². The average molecular weight is 274 g/mol. The highest BCUT2D eigenvalue weighted by atomic mass is 32.2. The van der Waals surface area contributed by atoms with Crippen molar-refractivity contribution in [3.05, 3.63) is 0 Å². The zero-order valence-electron chi connectivity index (χ0n) is 11.7. The minimum atomic E-state index is -2.78. The molecular weight excluding hydrogens is 248 g/mol. The van der Waals surface area contributed by atoms with Gasteiger partial charge in [0.2, 0.25) is 0 Å². The first kappa shape index (κ1) is 14.3. The Hall–Kier alpha value is -0.130. The molecule has 0 aromatic rings. The van der Waals surface area contributed by atoms with Crippen molar-refractivity contribution in [3.8, 4) is 0 Å². The lowest BCUT2D eigenvalue weighted by atomic mass is 9.96. The Balaban J connectivity index is 2.07. The summed E-state index contributed by atoms with van der Waals surface area (Å²) >= 11 is 0. The summed E-state index contributed by atoms with van der Waals surface area (Å²) in [7, 11) is -2.78. The van der Waals surface area contributed by atoms with E-state index < -0.39 is 9.84 Å². The van der Waals surface area contributed by atoms with Crippen molar-refractivity contribution >= 4 is 9.84 Å². The predicted octanol–water partition coefficient (Wildman–Crippen LogP) is 0.882. The Kier molecular flexibility index (Phi) is 4.34. The fraction of sp³-hybridized carbons (Fsp3) is 1.00. The minimum Gasteiger partial charge on any atom is -0.311 e. The lowest BCUT2D eigenvalue weighted by Crippen LogP contribution is -2.60. The third-order valence-electron chi connectivity index (χ3n) is 4.45. The molecule has 0 aliphatic carbocycles. The van der Waals surface area contributed by atoms with Crippen LogP contribution in [-0.2, 0) is 9.84 Å². The van der Waals surface area contributed by atoms with E-state index in [4.69, 9.17) is 0 Å². The molecule has 18 heavy (non-hydrogen) atoms. The molecule has 0 saturated carbocycles. The standard InChI is InChI=1S/C13H26N2O2S/c1-4-11-7-14-13(10(2)3)8-15(11)12-5-6-18(16,17)9-12/h10-14H,4-9H2,1-3H3. The van der Waals surface area contributed by atoms with E-state index in [9.17, 15) is 8.42 Å². The molecule has 2 rings (SSSR count). The zero-order valence-corrected chi connectivity index (χ0v) is 12.5. The molecule has 106 valence electrons. The second kappa shape index (κ2) is 5.47. The molecule has 4 nitrogen and oxygen atoms in total. The molecule has 2 fully saturated rings. The highest BCUT2D eigenvalue weighted by Crippen LogP contribution is 2.24. The van der Waals surface area contributed by atoms with Gasteiger partial charge in [-0.2, -0.15) is 0 Å². The van der Waals surface area contributed by atoms with Crippen LogP contribution in [-0.4, -0.2) is 56.0 Å². The van der Waals surface area contributed by atoms with Crippen LogP contribution in [0.4, 0.5) is 0 Å². The fourth-order valence-corrected chi connectivity index (χ4v) is 4.90. The van der Waals surface area contributed by atoms with Gasteiger partial charge in [-0.25, -0.2) is 8.42 Å². The van der Waals surface area contributed by atoms with E-state index >= 15 is 0 Å². The summed E-state index contributed by atoms with van der Waals surface area (Å²) in [6.45, 7) is 8.64. The molecule has 2 aliphatic heterocycles. The van der Waals surface area contributed by atoms with Crippen molar-refractivity contribution in [2.75, 3.05) is 24.6 Å². The van der Waals surface area contributed by atoms with Crippen LogP contribution in [0.5, 0.6) is 0 Å². The molecule has 0 aromatic carbocycles. The fourth-order valence-electron chi connectivity index (χ4n) is 3.15. The van der Waals surface area contributed by atoms with Gasteiger partial charge in [0, 0.05) is 31.2 Å². The van der Waals surface area contributed by atoms with Gasteiger partial charge in [0.05, 0.1) is 11.5 Å². The van der Waals surface area contributed by atoms with Gasteiger partial charge >= 0.3 is 0 Å². The quantitative estimate of drug-likeness (QED) is 0.830. The smallest absolute Gasteiger partial charge is 0.151 e. The van der Waals surface area contributed by atoms with Crippen molar-refractivity contribution in [1.82, 2.24) is 10.2 Å². The molecule has 3 unspecified atom stereocenters. The summed E-state index contributed by atoms with van der Waals surface area (Å²) in [6, 6.07) is 1.25. The lowest BCUT2D eigenvalue weighted by molar-refractivity contribution is 0.0765. The average Bonchev–Trinajstić information content (AvgIpc) is 2.68. The van der Waals surface area contributed by atoms with Gasteiger partial charge in [-0.3, -0.25) is 4.90 Å². The van der Waals surface area contributed by atoms with Crippen LogP contribution in [0.1, 0.15) is 33.6 Å². The van der Waals surface area contributed by atoms with Gasteiger partial charge in [-0.05, 0) is 18.8 Å². The number of piperazine rings is 1. The van der Waals surface area contributed by atoms with Crippen LogP contribution in [0.15, 0.2) is 0 Å². The Morgan fingerprint density at radius 3 is 2.61 bits per heavy atom. The van der Waals surface area contributed by atoms with E-state index in [2.05, 4.69) is 31.0 Å². The minimum absolute atomic E-state index is 0.253. The predicted molar refractivity (Wildman–Crippen MR) is 74.5 cm³/mol.